The maximum Gasteiger partial charge on any atom is 0.265 e. The van der Waals surface area contributed by atoms with Gasteiger partial charge in [-0.15, -0.1) is 0 Å². The maximum atomic E-state index is 15.0. The SMILES string of the molecule is Cc1cc(C(N2C(=O)COc3c(F)cc(C=C4SC(=S)NC4=O)cc32)C(C)(C)C)n[nH]1. The molecule has 0 spiro atoms. The van der Waals surface area contributed by atoms with Gasteiger partial charge in [-0.05, 0) is 42.2 Å². The first-order valence-corrected chi connectivity index (χ1v) is 10.8. The van der Waals surface area contributed by atoms with E-state index in [1.54, 1.807) is 17.0 Å². The van der Waals surface area contributed by atoms with E-state index in [2.05, 4.69) is 15.5 Å². The Bertz CT molecular complexity index is 1140. The quantitative estimate of drug-likeness (QED) is 0.534. The topological polar surface area (TPSA) is 87.3 Å². The van der Waals surface area contributed by atoms with E-state index in [0.29, 0.717) is 26.2 Å². The Morgan fingerprint density at radius 2 is 2.06 bits per heavy atom. The molecule has 2 aliphatic heterocycles. The smallest absolute Gasteiger partial charge is 0.265 e. The van der Waals surface area contributed by atoms with Crippen molar-refractivity contribution in [1.29, 1.82) is 0 Å². The Morgan fingerprint density at radius 1 is 1.32 bits per heavy atom. The Labute approximate surface area is 188 Å². The fourth-order valence-corrected chi connectivity index (χ4v) is 4.78. The lowest BCUT2D eigenvalue weighted by Gasteiger charge is -2.41. The molecule has 0 saturated carbocycles. The van der Waals surface area contributed by atoms with Crippen LogP contribution in [0.25, 0.3) is 6.08 Å². The second kappa shape index (κ2) is 7.76. The first-order chi connectivity index (χ1) is 14.5. The van der Waals surface area contributed by atoms with Gasteiger partial charge in [0, 0.05) is 5.69 Å². The molecular weight excluding hydrogens is 439 g/mol. The van der Waals surface area contributed by atoms with E-state index in [0.717, 1.165) is 17.5 Å². The molecule has 2 aromatic rings. The third-order valence-corrected chi connectivity index (χ3v) is 6.10. The van der Waals surface area contributed by atoms with E-state index in [-0.39, 0.29) is 24.2 Å². The van der Waals surface area contributed by atoms with Crippen molar-refractivity contribution in [3.8, 4) is 5.75 Å². The number of amides is 2. The van der Waals surface area contributed by atoms with Gasteiger partial charge in [0.1, 0.15) is 4.32 Å². The number of ether oxygens (including phenoxy) is 1. The summed E-state index contributed by atoms with van der Waals surface area (Å²) in [6.07, 6.45) is 1.55. The minimum absolute atomic E-state index is 0.00213. The Balaban J connectivity index is 1.86. The molecule has 2 aliphatic rings. The van der Waals surface area contributed by atoms with Gasteiger partial charge in [-0.3, -0.25) is 19.6 Å². The zero-order valence-electron chi connectivity index (χ0n) is 17.4. The molecule has 2 N–H and O–H groups in total. The summed E-state index contributed by atoms with van der Waals surface area (Å²) in [7, 11) is 0. The van der Waals surface area contributed by atoms with Crippen molar-refractivity contribution >= 4 is 51.9 Å². The molecule has 10 heteroatoms. The van der Waals surface area contributed by atoms with Gasteiger partial charge in [-0.25, -0.2) is 4.39 Å². The van der Waals surface area contributed by atoms with E-state index in [1.807, 2.05) is 33.8 Å². The second-order valence-corrected chi connectivity index (χ2v) is 10.2. The predicted octanol–water partition coefficient (Wildman–Crippen LogP) is 3.86. The van der Waals surface area contributed by atoms with Crippen LogP contribution >= 0.6 is 24.0 Å². The van der Waals surface area contributed by atoms with Gasteiger partial charge in [0.2, 0.25) is 0 Å². The molecule has 31 heavy (non-hydrogen) atoms. The third kappa shape index (κ3) is 4.09. The summed E-state index contributed by atoms with van der Waals surface area (Å²) >= 11 is 6.12. The summed E-state index contributed by atoms with van der Waals surface area (Å²) in [4.78, 5) is 27.0. The minimum Gasteiger partial charge on any atom is -0.478 e. The average molecular weight is 461 g/mol. The lowest BCUT2D eigenvalue weighted by atomic mass is 9.82. The van der Waals surface area contributed by atoms with E-state index in [1.165, 1.54) is 6.07 Å². The fraction of sp³-hybridized carbons (Fsp3) is 0.333. The van der Waals surface area contributed by atoms with Crippen LogP contribution in [-0.2, 0) is 9.59 Å². The van der Waals surface area contributed by atoms with Crippen molar-refractivity contribution in [2.75, 3.05) is 11.5 Å². The molecular formula is C21H21FN4O3S2. The highest BCUT2D eigenvalue weighted by Crippen LogP contribution is 2.46. The minimum atomic E-state index is -0.612. The Morgan fingerprint density at radius 3 is 2.65 bits per heavy atom. The molecule has 0 radical (unpaired) electrons. The summed E-state index contributed by atoms with van der Waals surface area (Å²) in [5, 5.41) is 9.83. The third-order valence-electron chi connectivity index (χ3n) is 4.94. The Hall–Kier alpha value is -2.72. The molecule has 4 rings (SSSR count). The van der Waals surface area contributed by atoms with Gasteiger partial charge in [-0.1, -0.05) is 44.8 Å². The van der Waals surface area contributed by atoms with Crippen LogP contribution in [0.15, 0.2) is 23.1 Å². The molecule has 7 nitrogen and oxygen atoms in total. The maximum absolute atomic E-state index is 15.0. The lowest BCUT2D eigenvalue weighted by Crippen LogP contribution is -2.46. The first-order valence-electron chi connectivity index (χ1n) is 9.60. The molecule has 3 heterocycles. The fourth-order valence-electron chi connectivity index (χ4n) is 3.74. The largest absolute Gasteiger partial charge is 0.478 e. The van der Waals surface area contributed by atoms with Crippen LogP contribution in [0, 0.1) is 18.2 Å². The number of carbonyl (C=O) groups excluding carboxylic acids is 2. The van der Waals surface area contributed by atoms with E-state index in [4.69, 9.17) is 17.0 Å². The van der Waals surface area contributed by atoms with Crippen LogP contribution in [0.5, 0.6) is 5.75 Å². The van der Waals surface area contributed by atoms with Crippen molar-refractivity contribution in [3.05, 3.63) is 45.9 Å². The number of carbonyl (C=O) groups is 2. The summed E-state index contributed by atoms with van der Waals surface area (Å²) in [6, 6.07) is 4.34. The summed E-state index contributed by atoms with van der Waals surface area (Å²) in [6.45, 7) is 7.59. The number of thiocarbonyl (C=S) groups is 1. The molecule has 1 aromatic heterocycles. The molecule has 1 saturated heterocycles. The van der Waals surface area contributed by atoms with Gasteiger partial charge < -0.3 is 10.1 Å². The number of halogens is 1. The number of anilines is 1. The molecule has 1 unspecified atom stereocenters. The van der Waals surface area contributed by atoms with Crippen LogP contribution in [0.3, 0.4) is 0 Å². The highest BCUT2D eigenvalue weighted by atomic mass is 32.2. The molecule has 2 amide bonds. The van der Waals surface area contributed by atoms with Gasteiger partial charge in [0.25, 0.3) is 11.8 Å². The summed E-state index contributed by atoms with van der Waals surface area (Å²) in [5.74, 6) is -1.25. The van der Waals surface area contributed by atoms with E-state index < -0.39 is 17.3 Å². The number of hydrogen-bond donors (Lipinski definition) is 2. The van der Waals surface area contributed by atoms with E-state index >= 15 is 0 Å². The van der Waals surface area contributed by atoms with Crippen molar-refractivity contribution in [2.24, 2.45) is 5.41 Å². The van der Waals surface area contributed by atoms with Crippen LogP contribution in [0.2, 0.25) is 0 Å². The van der Waals surface area contributed by atoms with Gasteiger partial charge in [-0.2, -0.15) is 5.10 Å². The summed E-state index contributed by atoms with van der Waals surface area (Å²) < 4.78 is 20.8. The molecule has 0 aliphatic carbocycles. The number of fused-ring (bicyclic) bond motifs is 1. The molecule has 162 valence electrons. The highest BCUT2D eigenvalue weighted by molar-refractivity contribution is 8.26. The van der Waals surface area contributed by atoms with Crippen molar-refractivity contribution in [2.45, 2.75) is 33.7 Å². The molecule has 1 atom stereocenters. The average Bonchev–Trinajstić information content (AvgIpc) is 3.21. The van der Waals surface area contributed by atoms with Crippen molar-refractivity contribution in [1.82, 2.24) is 15.5 Å². The number of hydrogen-bond acceptors (Lipinski definition) is 6. The zero-order valence-corrected chi connectivity index (χ0v) is 19.0. The number of aromatic nitrogens is 2. The number of nitrogens with zero attached hydrogens (tertiary/aromatic N) is 2. The standard InChI is InChI=1S/C21H21FN4O3S2/c1-10-5-13(25-24-10)18(21(2,3)4)26-14-7-11(8-15-19(28)23-20(30)31-15)6-12(22)17(14)29-9-16(26)27/h5-8,18H,9H2,1-4H3,(H,24,25)(H,23,28,30). The normalized spacial score (nSPS) is 18.8. The van der Waals surface area contributed by atoms with Gasteiger partial charge in [0.15, 0.2) is 18.2 Å². The number of thioether (sulfide) groups is 1. The number of H-pyrrole nitrogens is 1. The molecule has 1 aromatic carbocycles. The van der Waals surface area contributed by atoms with Crippen molar-refractivity contribution in [3.63, 3.8) is 0 Å². The number of nitrogens with one attached hydrogen (secondary N) is 2. The Kier molecular flexibility index (Phi) is 5.38. The van der Waals surface area contributed by atoms with Crippen LogP contribution in [0.1, 0.15) is 43.8 Å². The highest BCUT2D eigenvalue weighted by Gasteiger charge is 2.41. The van der Waals surface area contributed by atoms with Crippen molar-refractivity contribution < 1.29 is 18.7 Å². The number of benzene rings is 1. The molecule has 0 bridgehead atoms. The van der Waals surface area contributed by atoms with Crippen LogP contribution in [-0.4, -0.2) is 32.9 Å². The van der Waals surface area contributed by atoms with Gasteiger partial charge >= 0.3 is 0 Å². The lowest BCUT2D eigenvalue weighted by molar-refractivity contribution is -0.122. The molecule has 1 fully saturated rings. The second-order valence-electron chi connectivity index (χ2n) is 8.50. The monoisotopic (exact) mass is 460 g/mol. The number of aryl methyl sites for hydroxylation is 1. The number of rotatable bonds is 3. The van der Waals surface area contributed by atoms with Gasteiger partial charge in [0.05, 0.1) is 22.3 Å². The van der Waals surface area contributed by atoms with E-state index in [9.17, 15) is 14.0 Å². The predicted molar refractivity (Wildman–Crippen MR) is 121 cm³/mol. The first kappa shape index (κ1) is 21.5. The summed E-state index contributed by atoms with van der Waals surface area (Å²) in [5.41, 5.74) is 1.84. The van der Waals surface area contributed by atoms with Crippen LogP contribution in [0.4, 0.5) is 10.1 Å². The van der Waals surface area contributed by atoms with Crippen LogP contribution < -0.4 is 15.0 Å². The zero-order chi connectivity index (χ0) is 22.5. The number of aromatic amines is 1.